The number of rotatable bonds is 2. The minimum Gasteiger partial charge on any atom is -0.298 e. The number of hydrogen-bond acceptors (Lipinski definition) is 2. The highest BCUT2D eigenvalue weighted by Crippen LogP contribution is 2.45. The zero-order chi connectivity index (χ0) is 9.71. The van der Waals surface area contributed by atoms with Crippen molar-refractivity contribution >= 4 is 11.6 Å². The van der Waals surface area contributed by atoms with Crippen LogP contribution in [0.3, 0.4) is 0 Å². The number of nitrogens with zero attached hydrogens (tertiary/aromatic N) is 3. The van der Waals surface area contributed by atoms with Crippen LogP contribution in [0.4, 0.5) is 0 Å². The molecule has 1 heterocycles. The van der Waals surface area contributed by atoms with Gasteiger partial charge in [-0.1, -0.05) is 6.92 Å². The Morgan fingerprint density at radius 1 is 1.29 bits per heavy atom. The molecule has 14 heavy (non-hydrogen) atoms. The Kier molecular flexibility index (Phi) is 1.84. The van der Waals surface area contributed by atoms with Crippen molar-refractivity contribution in [1.82, 2.24) is 14.8 Å². The molecule has 0 spiro atoms. The minimum absolute atomic E-state index is 0.572. The van der Waals surface area contributed by atoms with E-state index in [1.807, 2.05) is 0 Å². The van der Waals surface area contributed by atoms with Gasteiger partial charge in [0, 0.05) is 12.0 Å². The first-order valence-electron chi connectivity index (χ1n) is 5.36. The highest BCUT2D eigenvalue weighted by atomic mass is 35.5. The van der Waals surface area contributed by atoms with Crippen molar-refractivity contribution in [2.45, 2.75) is 44.6 Å². The molecule has 0 radical (unpaired) electrons. The molecular formula is C10H14ClN3. The fourth-order valence-corrected chi connectivity index (χ4v) is 2.57. The summed E-state index contributed by atoms with van der Waals surface area (Å²) < 4.78 is 2.17. The zero-order valence-corrected chi connectivity index (χ0v) is 9.04. The van der Waals surface area contributed by atoms with E-state index in [4.69, 9.17) is 11.6 Å². The third-order valence-corrected chi connectivity index (χ3v) is 3.59. The van der Waals surface area contributed by atoms with Gasteiger partial charge >= 0.3 is 0 Å². The third kappa shape index (κ3) is 1.26. The average Bonchev–Trinajstić information content (AvgIpc) is 2.86. The van der Waals surface area contributed by atoms with Crippen LogP contribution in [0, 0.1) is 5.92 Å². The summed E-state index contributed by atoms with van der Waals surface area (Å²) in [6.07, 6.45) is 4.99. The average molecular weight is 212 g/mol. The Morgan fingerprint density at radius 3 is 2.57 bits per heavy atom. The molecule has 3 rings (SSSR count). The van der Waals surface area contributed by atoms with Crippen LogP contribution in [0.1, 0.15) is 50.4 Å². The first-order chi connectivity index (χ1) is 6.75. The summed E-state index contributed by atoms with van der Waals surface area (Å²) in [6, 6.07) is 0.572. The minimum atomic E-state index is 0.572. The fourth-order valence-electron chi connectivity index (χ4n) is 2.31. The second-order valence-corrected chi connectivity index (χ2v) is 5.04. The highest BCUT2D eigenvalue weighted by Gasteiger charge is 2.36. The lowest BCUT2D eigenvalue weighted by atomic mass is 9.81. The molecule has 0 amide bonds. The van der Waals surface area contributed by atoms with Gasteiger partial charge in [-0.25, -0.2) is 0 Å². The van der Waals surface area contributed by atoms with Crippen molar-refractivity contribution in [3.05, 3.63) is 11.1 Å². The second kappa shape index (κ2) is 2.96. The van der Waals surface area contributed by atoms with Crippen molar-refractivity contribution < 1.29 is 0 Å². The summed E-state index contributed by atoms with van der Waals surface area (Å²) in [7, 11) is 0. The Bertz CT molecular complexity index is 350. The number of aromatic nitrogens is 3. The standard InChI is InChI=1S/C10H14ClN3/c1-6-4-8(5-6)14-9(7-2-3-7)12-13-10(14)11/h6-8H,2-5H2,1H3. The van der Waals surface area contributed by atoms with Gasteiger partial charge in [-0.3, -0.25) is 4.57 Å². The van der Waals surface area contributed by atoms with E-state index in [9.17, 15) is 0 Å². The number of halogens is 1. The lowest BCUT2D eigenvalue weighted by Gasteiger charge is -2.34. The lowest BCUT2D eigenvalue weighted by molar-refractivity contribution is 0.211. The smallest absolute Gasteiger partial charge is 0.225 e. The predicted molar refractivity (Wildman–Crippen MR) is 54.4 cm³/mol. The van der Waals surface area contributed by atoms with E-state index in [0.29, 0.717) is 17.2 Å². The Morgan fingerprint density at radius 2 is 2.00 bits per heavy atom. The van der Waals surface area contributed by atoms with E-state index in [0.717, 1.165) is 11.7 Å². The van der Waals surface area contributed by atoms with Crippen LogP contribution in [0.2, 0.25) is 5.28 Å². The normalized spacial score (nSPS) is 31.6. The molecule has 0 atom stereocenters. The van der Waals surface area contributed by atoms with Gasteiger partial charge in [0.05, 0.1) is 0 Å². The fraction of sp³-hybridized carbons (Fsp3) is 0.800. The Hall–Kier alpha value is -0.570. The van der Waals surface area contributed by atoms with Gasteiger partial charge in [0.1, 0.15) is 5.82 Å². The summed E-state index contributed by atoms with van der Waals surface area (Å²) in [5, 5.41) is 8.76. The van der Waals surface area contributed by atoms with Crippen LogP contribution in [0.15, 0.2) is 0 Å². The summed E-state index contributed by atoms with van der Waals surface area (Å²) in [4.78, 5) is 0. The Balaban J connectivity index is 1.90. The van der Waals surface area contributed by atoms with Crippen molar-refractivity contribution in [1.29, 1.82) is 0 Å². The molecule has 76 valence electrons. The molecular weight excluding hydrogens is 198 g/mol. The van der Waals surface area contributed by atoms with E-state index in [1.165, 1.54) is 25.7 Å². The third-order valence-electron chi connectivity index (χ3n) is 3.34. The summed E-state index contributed by atoms with van der Waals surface area (Å²) in [5.74, 6) is 2.61. The highest BCUT2D eigenvalue weighted by molar-refractivity contribution is 6.28. The topological polar surface area (TPSA) is 30.7 Å². The maximum absolute atomic E-state index is 6.06. The Labute approximate surface area is 88.5 Å². The molecule has 2 aliphatic rings. The molecule has 2 saturated carbocycles. The molecule has 0 aromatic carbocycles. The van der Waals surface area contributed by atoms with Crippen molar-refractivity contribution in [2.24, 2.45) is 5.92 Å². The van der Waals surface area contributed by atoms with Crippen LogP contribution < -0.4 is 0 Å². The largest absolute Gasteiger partial charge is 0.298 e. The van der Waals surface area contributed by atoms with Gasteiger partial charge < -0.3 is 0 Å². The molecule has 2 aliphatic carbocycles. The van der Waals surface area contributed by atoms with Gasteiger partial charge in [-0.2, -0.15) is 0 Å². The van der Waals surface area contributed by atoms with Crippen LogP contribution in [0.25, 0.3) is 0 Å². The van der Waals surface area contributed by atoms with Crippen LogP contribution in [-0.4, -0.2) is 14.8 Å². The van der Waals surface area contributed by atoms with Crippen molar-refractivity contribution in [3.8, 4) is 0 Å². The SMILES string of the molecule is CC1CC(n2c(Cl)nnc2C2CC2)C1. The van der Waals surface area contributed by atoms with E-state index in [-0.39, 0.29) is 0 Å². The van der Waals surface area contributed by atoms with E-state index >= 15 is 0 Å². The van der Waals surface area contributed by atoms with Crippen LogP contribution >= 0.6 is 11.6 Å². The van der Waals surface area contributed by atoms with E-state index in [2.05, 4.69) is 21.7 Å². The quantitative estimate of drug-likeness (QED) is 0.753. The van der Waals surface area contributed by atoms with E-state index < -0.39 is 0 Å². The molecule has 0 saturated heterocycles. The molecule has 2 fully saturated rings. The van der Waals surface area contributed by atoms with Gasteiger partial charge in [0.25, 0.3) is 0 Å². The van der Waals surface area contributed by atoms with Gasteiger partial charge in [-0.15, -0.1) is 10.2 Å². The zero-order valence-electron chi connectivity index (χ0n) is 8.28. The number of hydrogen-bond donors (Lipinski definition) is 0. The summed E-state index contributed by atoms with van der Waals surface area (Å²) >= 11 is 6.06. The maximum Gasteiger partial charge on any atom is 0.225 e. The maximum atomic E-state index is 6.06. The first-order valence-corrected chi connectivity index (χ1v) is 5.74. The van der Waals surface area contributed by atoms with Gasteiger partial charge in [0.15, 0.2) is 0 Å². The predicted octanol–water partition coefficient (Wildman–Crippen LogP) is 2.78. The van der Waals surface area contributed by atoms with E-state index in [1.54, 1.807) is 0 Å². The first kappa shape index (κ1) is 8.72. The lowest BCUT2D eigenvalue weighted by Crippen LogP contribution is -2.26. The molecule has 0 bridgehead atoms. The van der Waals surface area contributed by atoms with Crippen LogP contribution in [-0.2, 0) is 0 Å². The van der Waals surface area contributed by atoms with Crippen LogP contribution in [0.5, 0.6) is 0 Å². The molecule has 4 heteroatoms. The molecule has 1 aromatic rings. The van der Waals surface area contributed by atoms with Gasteiger partial charge in [0.2, 0.25) is 5.28 Å². The molecule has 1 aromatic heterocycles. The molecule has 0 N–H and O–H groups in total. The summed E-state index contributed by atoms with van der Waals surface area (Å²) in [6.45, 7) is 2.28. The summed E-state index contributed by atoms with van der Waals surface area (Å²) in [5.41, 5.74) is 0. The van der Waals surface area contributed by atoms with Crippen molar-refractivity contribution in [3.63, 3.8) is 0 Å². The molecule has 0 unspecified atom stereocenters. The second-order valence-electron chi connectivity index (χ2n) is 4.70. The monoisotopic (exact) mass is 211 g/mol. The van der Waals surface area contributed by atoms with Gasteiger partial charge in [-0.05, 0) is 43.2 Å². The van der Waals surface area contributed by atoms with Crippen molar-refractivity contribution in [2.75, 3.05) is 0 Å². The molecule has 3 nitrogen and oxygen atoms in total. The molecule has 0 aliphatic heterocycles.